The summed E-state index contributed by atoms with van der Waals surface area (Å²) in [7, 11) is 0. The molecule has 1 N–H and O–H groups in total. The van der Waals surface area contributed by atoms with Crippen molar-refractivity contribution in [2.75, 3.05) is 0 Å². The standard InChI is InChI=1S/C12H17NO7/c1-5-9(18-6(2)14)10(19-7(3)15)11(12(17)13-5)20-8(4)16/h5,9-11H,1-4H3,(H,13,17). The van der Waals surface area contributed by atoms with Gasteiger partial charge < -0.3 is 19.5 Å². The van der Waals surface area contributed by atoms with Crippen LogP contribution in [0, 0.1) is 0 Å². The maximum atomic E-state index is 11.8. The Morgan fingerprint density at radius 3 is 1.80 bits per heavy atom. The van der Waals surface area contributed by atoms with Crippen molar-refractivity contribution in [3.8, 4) is 0 Å². The maximum absolute atomic E-state index is 11.8. The number of carbonyl (C=O) groups excluding carboxylic acids is 4. The van der Waals surface area contributed by atoms with Crippen LogP contribution in [0.4, 0.5) is 0 Å². The molecule has 20 heavy (non-hydrogen) atoms. The third-order valence-corrected chi connectivity index (χ3v) is 2.64. The maximum Gasteiger partial charge on any atom is 0.303 e. The van der Waals surface area contributed by atoms with Gasteiger partial charge in [0.1, 0.15) is 0 Å². The molecule has 1 fully saturated rings. The van der Waals surface area contributed by atoms with Crippen LogP contribution in [0.1, 0.15) is 27.7 Å². The molecule has 1 amide bonds. The van der Waals surface area contributed by atoms with Crippen LogP contribution in [0.15, 0.2) is 0 Å². The molecule has 8 nitrogen and oxygen atoms in total. The minimum Gasteiger partial charge on any atom is -0.456 e. The summed E-state index contributed by atoms with van der Waals surface area (Å²) in [4.78, 5) is 45.2. The summed E-state index contributed by atoms with van der Waals surface area (Å²) in [5.74, 6) is -2.59. The highest BCUT2D eigenvalue weighted by molar-refractivity contribution is 5.86. The molecule has 1 rings (SSSR count). The predicted molar refractivity (Wildman–Crippen MR) is 64.3 cm³/mol. The van der Waals surface area contributed by atoms with Gasteiger partial charge in [0, 0.05) is 20.8 Å². The number of carbonyl (C=O) groups is 4. The van der Waals surface area contributed by atoms with Gasteiger partial charge in [0.2, 0.25) is 6.10 Å². The molecule has 0 bridgehead atoms. The first-order valence-corrected chi connectivity index (χ1v) is 6.04. The van der Waals surface area contributed by atoms with Crippen molar-refractivity contribution >= 4 is 23.8 Å². The van der Waals surface area contributed by atoms with Gasteiger partial charge in [0.15, 0.2) is 12.2 Å². The van der Waals surface area contributed by atoms with Gasteiger partial charge in [-0.15, -0.1) is 0 Å². The Morgan fingerprint density at radius 1 is 0.900 bits per heavy atom. The second-order valence-corrected chi connectivity index (χ2v) is 4.48. The van der Waals surface area contributed by atoms with E-state index in [1.54, 1.807) is 6.92 Å². The van der Waals surface area contributed by atoms with E-state index in [1.165, 1.54) is 6.92 Å². The highest BCUT2D eigenvalue weighted by Crippen LogP contribution is 2.21. The summed E-state index contributed by atoms with van der Waals surface area (Å²) in [6.07, 6.45) is -3.46. The van der Waals surface area contributed by atoms with Crippen LogP contribution < -0.4 is 5.32 Å². The molecule has 112 valence electrons. The lowest BCUT2D eigenvalue weighted by Crippen LogP contribution is -2.64. The lowest BCUT2D eigenvalue weighted by molar-refractivity contribution is -0.194. The highest BCUT2D eigenvalue weighted by Gasteiger charge is 2.48. The molecule has 0 aromatic heterocycles. The minimum absolute atomic E-state index is 0.581. The number of rotatable bonds is 3. The molecule has 0 aromatic rings. The Morgan fingerprint density at radius 2 is 1.35 bits per heavy atom. The quantitative estimate of drug-likeness (QED) is 0.540. The van der Waals surface area contributed by atoms with Crippen molar-refractivity contribution in [3.63, 3.8) is 0 Å². The molecule has 1 saturated heterocycles. The van der Waals surface area contributed by atoms with Crippen LogP contribution in [0.25, 0.3) is 0 Å². The SMILES string of the molecule is CC(=O)OC1C(=O)NC(C)C(OC(C)=O)C1OC(C)=O. The van der Waals surface area contributed by atoms with Crippen LogP contribution in [0.2, 0.25) is 0 Å². The Labute approximate surface area is 115 Å². The lowest BCUT2D eigenvalue weighted by Gasteiger charge is -2.39. The number of amides is 1. The Hall–Kier alpha value is -2.12. The zero-order valence-electron chi connectivity index (χ0n) is 11.7. The molecule has 1 aliphatic heterocycles. The summed E-state index contributed by atoms with van der Waals surface area (Å²) < 4.78 is 14.9. The van der Waals surface area contributed by atoms with Gasteiger partial charge in [-0.05, 0) is 6.92 Å². The van der Waals surface area contributed by atoms with Gasteiger partial charge in [0.05, 0.1) is 6.04 Å². The minimum atomic E-state index is -1.35. The van der Waals surface area contributed by atoms with Crippen LogP contribution in [-0.2, 0) is 33.4 Å². The summed E-state index contributed by atoms with van der Waals surface area (Å²) in [6.45, 7) is 5.05. The van der Waals surface area contributed by atoms with E-state index in [9.17, 15) is 19.2 Å². The second kappa shape index (κ2) is 6.36. The Bertz CT molecular complexity index is 434. The third kappa shape index (κ3) is 3.94. The second-order valence-electron chi connectivity index (χ2n) is 4.48. The van der Waals surface area contributed by atoms with E-state index in [0.29, 0.717) is 0 Å². The van der Waals surface area contributed by atoms with E-state index in [4.69, 9.17) is 14.2 Å². The van der Waals surface area contributed by atoms with Crippen molar-refractivity contribution in [1.82, 2.24) is 5.32 Å². The van der Waals surface area contributed by atoms with Crippen molar-refractivity contribution in [1.29, 1.82) is 0 Å². The molecule has 0 radical (unpaired) electrons. The average molecular weight is 287 g/mol. The first kappa shape index (κ1) is 15.9. The van der Waals surface area contributed by atoms with Crippen LogP contribution in [0.3, 0.4) is 0 Å². The van der Waals surface area contributed by atoms with E-state index < -0.39 is 48.2 Å². The Kier molecular flexibility index (Phi) is 5.06. The van der Waals surface area contributed by atoms with Gasteiger partial charge >= 0.3 is 17.9 Å². The van der Waals surface area contributed by atoms with Crippen molar-refractivity contribution < 1.29 is 33.4 Å². The first-order chi connectivity index (χ1) is 9.22. The van der Waals surface area contributed by atoms with Gasteiger partial charge in [0.25, 0.3) is 5.91 Å². The molecule has 8 heteroatoms. The summed E-state index contributed by atoms with van der Waals surface area (Å²) in [6, 6.07) is -0.581. The summed E-state index contributed by atoms with van der Waals surface area (Å²) >= 11 is 0. The smallest absolute Gasteiger partial charge is 0.303 e. The lowest BCUT2D eigenvalue weighted by atomic mass is 9.96. The predicted octanol–water partition coefficient (Wildman–Crippen LogP) is -0.700. The molecule has 0 aliphatic carbocycles. The van der Waals surface area contributed by atoms with E-state index in [0.717, 1.165) is 13.8 Å². The molecule has 1 heterocycles. The number of piperidine rings is 1. The van der Waals surface area contributed by atoms with Gasteiger partial charge in [-0.2, -0.15) is 0 Å². The number of esters is 3. The third-order valence-electron chi connectivity index (χ3n) is 2.64. The average Bonchev–Trinajstić information content (AvgIpc) is 2.27. The molecule has 4 unspecified atom stereocenters. The number of nitrogens with one attached hydrogen (secondary N) is 1. The zero-order chi connectivity index (χ0) is 15.4. The van der Waals surface area contributed by atoms with Gasteiger partial charge in [-0.1, -0.05) is 0 Å². The molecule has 0 saturated carbocycles. The van der Waals surface area contributed by atoms with Gasteiger partial charge in [-0.25, -0.2) is 0 Å². The number of hydrogen-bond acceptors (Lipinski definition) is 7. The van der Waals surface area contributed by atoms with E-state index in [-0.39, 0.29) is 0 Å². The zero-order valence-corrected chi connectivity index (χ0v) is 11.7. The fourth-order valence-electron chi connectivity index (χ4n) is 1.98. The van der Waals surface area contributed by atoms with E-state index in [1.807, 2.05) is 0 Å². The largest absolute Gasteiger partial charge is 0.456 e. The Balaban J connectivity index is 3.05. The molecule has 4 atom stereocenters. The molecular formula is C12H17NO7. The van der Waals surface area contributed by atoms with E-state index in [2.05, 4.69) is 5.32 Å². The monoisotopic (exact) mass is 287 g/mol. The van der Waals surface area contributed by atoms with Crippen molar-refractivity contribution in [2.45, 2.75) is 52.0 Å². The first-order valence-electron chi connectivity index (χ1n) is 6.04. The topological polar surface area (TPSA) is 108 Å². The summed E-state index contributed by atoms with van der Waals surface area (Å²) in [5, 5.41) is 2.51. The van der Waals surface area contributed by atoms with Gasteiger partial charge in [-0.3, -0.25) is 19.2 Å². The van der Waals surface area contributed by atoms with Crippen molar-refractivity contribution in [3.05, 3.63) is 0 Å². The molecule has 0 aromatic carbocycles. The van der Waals surface area contributed by atoms with Crippen LogP contribution in [0.5, 0.6) is 0 Å². The van der Waals surface area contributed by atoms with Crippen molar-refractivity contribution in [2.24, 2.45) is 0 Å². The van der Waals surface area contributed by atoms with Crippen LogP contribution in [-0.4, -0.2) is 48.2 Å². The highest BCUT2D eigenvalue weighted by atomic mass is 16.6. The number of ether oxygens (including phenoxy) is 3. The molecule has 0 spiro atoms. The normalized spacial score (nSPS) is 29.1. The summed E-state index contributed by atoms with van der Waals surface area (Å²) in [5.41, 5.74) is 0. The fourth-order valence-corrected chi connectivity index (χ4v) is 1.98. The van der Waals surface area contributed by atoms with Crippen LogP contribution >= 0.6 is 0 Å². The number of hydrogen-bond donors (Lipinski definition) is 1. The molecular weight excluding hydrogens is 270 g/mol. The fraction of sp³-hybridized carbons (Fsp3) is 0.667. The molecule has 1 aliphatic rings. The van der Waals surface area contributed by atoms with E-state index >= 15 is 0 Å².